The maximum absolute atomic E-state index is 13.6. The van der Waals surface area contributed by atoms with Gasteiger partial charge in [0, 0.05) is 26.2 Å². The third-order valence-corrected chi connectivity index (χ3v) is 7.24. The van der Waals surface area contributed by atoms with Crippen molar-refractivity contribution in [3.05, 3.63) is 0 Å². The lowest BCUT2D eigenvalue weighted by Gasteiger charge is -2.37. The molecule has 2 N–H and O–H groups in total. The number of likely N-dealkylation sites (tertiary alicyclic amines) is 1. The highest BCUT2D eigenvalue weighted by atomic mass is 16.5. The number of rotatable bonds is 7. The van der Waals surface area contributed by atoms with Crippen molar-refractivity contribution >= 4 is 18.0 Å². The van der Waals surface area contributed by atoms with Gasteiger partial charge in [0.1, 0.15) is 11.6 Å². The molecule has 2 heterocycles. The lowest BCUT2D eigenvalue weighted by molar-refractivity contribution is -0.124. The van der Waals surface area contributed by atoms with Crippen LogP contribution in [0.15, 0.2) is 4.99 Å². The van der Waals surface area contributed by atoms with E-state index in [0.29, 0.717) is 64.1 Å². The predicted octanol–water partition coefficient (Wildman–Crippen LogP) is 2.25. The van der Waals surface area contributed by atoms with E-state index in [-0.39, 0.29) is 5.91 Å². The number of nitrogens with zero attached hydrogens (tertiary/aromatic N) is 4. The first-order valence-electron chi connectivity index (χ1n) is 13.2. The third-order valence-electron chi connectivity index (χ3n) is 7.24. The predicted molar refractivity (Wildman–Crippen MR) is 133 cm³/mol. The first kappa shape index (κ1) is 27.2. The van der Waals surface area contributed by atoms with Crippen LogP contribution in [0.5, 0.6) is 0 Å². The van der Waals surface area contributed by atoms with Crippen LogP contribution in [-0.4, -0.2) is 92.4 Å². The van der Waals surface area contributed by atoms with Gasteiger partial charge in [0.25, 0.3) is 0 Å². The van der Waals surface area contributed by atoms with Crippen LogP contribution in [0.2, 0.25) is 0 Å². The minimum absolute atomic E-state index is 0.240. The van der Waals surface area contributed by atoms with Crippen molar-refractivity contribution in [3.8, 4) is 6.07 Å². The Hall–Kier alpha value is -2.38. The van der Waals surface area contributed by atoms with Crippen molar-refractivity contribution in [2.45, 2.75) is 76.3 Å². The van der Waals surface area contributed by atoms with Crippen molar-refractivity contribution in [2.75, 3.05) is 53.0 Å². The average molecular weight is 491 g/mol. The zero-order valence-electron chi connectivity index (χ0n) is 21.4. The molecule has 3 rings (SSSR count). The summed E-state index contributed by atoms with van der Waals surface area (Å²) >= 11 is 0. The van der Waals surface area contributed by atoms with Crippen LogP contribution in [0.3, 0.4) is 0 Å². The molecule has 2 aliphatic heterocycles. The Morgan fingerprint density at radius 2 is 1.86 bits per heavy atom. The van der Waals surface area contributed by atoms with E-state index in [1.165, 1.54) is 6.42 Å². The van der Waals surface area contributed by atoms with Gasteiger partial charge in [-0.05, 0) is 38.6 Å². The molecule has 3 fully saturated rings. The second-order valence-electron chi connectivity index (χ2n) is 10.1. The molecule has 2 saturated heterocycles. The van der Waals surface area contributed by atoms with Gasteiger partial charge in [-0.15, -0.1) is 0 Å². The number of nitriles is 1. The highest BCUT2D eigenvalue weighted by molar-refractivity contribution is 5.96. The van der Waals surface area contributed by atoms with Crippen LogP contribution in [0.25, 0.3) is 0 Å². The number of hydrogen-bond donors (Lipinski definition) is 2. The van der Waals surface area contributed by atoms with E-state index in [1.54, 1.807) is 0 Å². The quantitative estimate of drug-likeness (QED) is 0.415. The van der Waals surface area contributed by atoms with Crippen molar-refractivity contribution in [1.82, 2.24) is 20.4 Å². The van der Waals surface area contributed by atoms with E-state index in [2.05, 4.69) is 21.6 Å². The number of morpholine rings is 1. The fourth-order valence-corrected chi connectivity index (χ4v) is 4.98. The first-order valence-corrected chi connectivity index (χ1v) is 13.2. The zero-order valence-corrected chi connectivity index (χ0v) is 21.4. The molecule has 35 heavy (non-hydrogen) atoms. The van der Waals surface area contributed by atoms with Crippen LogP contribution >= 0.6 is 0 Å². The molecule has 196 valence electrons. The topological polar surface area (TPSA) is 119 Å². The van der Waals surface area contributed by atoms with E-state index in [9.17, 15) is 14.9 Å². The minimum atomic E-state index is -0.878. The molecule has 1 saturated carbocycles. The van der Waals surface area contributed by atoms with E-state index in [0.717, 1.165) is 45.2 Å². The highest BCUT2D eigenvalue weighted by Crippen LogP contribution is 2.29. The van der Waals surface area contributed by atoms with Gasteiger partial charge < -0.3 is 24.6 Å². The Balaban J connectivity index is 1.83. The van der Waals surface area contributed by atoms with Gasteiger partial charge in [0.2, 0.25) is 11.9 Å². The van der Waals surface area contributed by atoms with Gasteiger partial charge >= 0.3 is 6.09 Å². The van der Waals surface area contributed by atoms with Crippen LogP contribution in [0.1, 0.15) is 64.7 Å². The summed E-state index contributed by atoms with van der Waals surface area (Å²) < 4.78 is 10.7. The number of carbonyl (C=O) groups is 2. The number of hydrogen-bond acceptors (Lipinski definition) is 7. The van der Waals surface area contributed by atoms with Gasteiger partial charge in [-0.1, -0.05) is 39.0 Å². The van der Waals surface area contributed by atoms with Crippen LogP contribution in [0, 0.1) is 17.2 Å². The summed E-state index contributed by atoms with van der Waals surface area (Å²) in [4.78, 5) is 35.0. The van der Waals surface area contributed by atoms with E-state index in [1.807, 2.05) is 18.9 Å². The lowest BCUT2D eigenvalue weighted by atomic mass is 9.84. The molecular weight excluding hydrogens is 448 g/mol. The summed E-state index contributed by atoms with van der Waals surface area (Å²) in [6, 6.07) is 1.69. The van der Waals surface area contributed by atoms with E-state index < -0.39 is 17.7 Å². The number of piperidine rings is 1. The molecule has 0 radical (unpaired) electrons. The molecule has 3 aliphatic rings. The monoisotopic (exact) mass is 490 g/mol. The molecule has 0 aromatic rings. The standard InChI is InChI=1S/C25H42N6O4/c1-3-15-35-24(33)28-23(31-13-16-34-17-14-31)27-21(18-20-7-5-4-6-8-20)22(32)29-25(19-26)9-11-30(2)12-10-25/h20-21H,3-18H2,1-2H3,(H,29,32)(H,27,28,33). The van der Waals surface area contributed by atoms with Crippen LogP contribution in [-0.2, 0) is 14.3 Å². The number of guanidine groups is 1. The summed E-state index contributed by atoms with van der Waals surface area (Å²) in [5, 5.41) is 15.8. The Bertz CT molecular complexity index is 762. The van der Waals surface area contributed by atoms with E-state index >= 15 is 0 Å². The summed E-state index contributed by atoms with van der Waals surface area (Å²) in [7, 11) is 2.02. The largest absolute Gasteiger partial charge is 0.449 e. The van der Waals surface area contributed by atoms with Gasteiger partial charge in [0.15, 0.2) is 0 Å². The molecule has 10 nitrogen and oxygen atoms in total. The Labute approximate surface area is 209 Å². The van der Waals surface area contributed by atoms with E-state index in [4.69, 9.17) is 14.5 Å². The normalized spacial score (nSPS) is 22.7. The fraction of sp³-hybridized carbons (Fsp3) is 0.840. The summed E-state index contributed by atoms with van der Waals surface area (Å²) in [5.74, 6) is 0.507. The van der Waals surface area contributed by atoms with Crippen LogP contribution < -0.4 is 10.6 Å². The molecule has 0 aromatic heterocycles. The Morgan fingerprint density at radius 3 is 2.49 bits per heavy atom. The molecule has 1 atom stereocenters. The van der Waals surface area contributed by atoms with Crippen molar-refractivity contribution in [3.63, 3.8) is 0 Å². The van der Waals surface area contributed by atoms with Gasteiger partial charge in [-0.2, -0.15) is 5.26 Å². The second-order valence-corrected chi connectivity index (χ2v) is 10.1. The molecule has 0 spiro atoms. The first-order chi connectivity index (χ1) is 16.9. The number of amides is 2. The Kier molecular flexibility index (Phi) is 10.6. The molecule has 0 bridgehead atoms. The SMILES string of the molecule is CCCOC(=O)NC(=NC(CC1CCCCC1)C(=O)NC1(C#N)CCN(C)CC1)N1CCOCC1. The summed E-state index contributed by atoms with van der Waals surface area (Å²) in [6.07, 6.45) is 7.63. The number of ether oxygens (including phenoxy) is 2. The number of aliphatic imine (C=N–C) groups is 1. The van der Waals surface area contributed by atoms with Gasteiger partial charge in [-0.25, -0.2) is 9.79 Å². The van der Waals surface area contributed by atoms with Crippen molar-refractivity contribution in [2.24, 2.45) is 10.9 Å². The molecule has 0 aromatic carbocycles. The van der Waals surface area contributed by atoms with Crippen molar-refractivity contribution in [1.29, 1.82) is 5.26 Å². The molecule has 10 heteroatoms. The number of nitrogens with one attached hydrogen (secondary N) is 2. The van der Waals surface area contributed by atoms with Gasteiger partial charge in [0.05, 0.1) is 25.9 Å². The third kappa shape index (κ3) is 8.36. The molecule has 2 amide bonds. The lowest BCUT2D eigenvalue weighted by Crippen LogP contribution is -2.56. The number of alkyl carbamates (subject to hydrolysis) is 1. The maximum atomic E-state index is 13.6. The second kappa shape index (κ2) is 13.6. The van der Waals surface area contributed by atoms with Crippen LogP contribution in [0.4, 0.5) is 4.79 Å². The average Bonchev–Trinajstić information content (AvgIpc) is 2.89. The highest BCUT2D eigenvalue weighted by Gasteiger charge is 2.38. The zero-order chi connectivity index (χ0) is 25.1. The smallest absolute Gasteiger partial charge is 0.413 e. The number of carbonyl (C=O) groups excluding carboxylic acids is 2. The van der Waals surface area contributed by atoms with Crippen molar-refractivity contribution < 1.29 is 19.1 Å². The molecular formula is C25H42N6O4. The molecule has 1 aliphatic carbocycles. The fourth-order valence-electron chi connectivity index (χ4n) is 4.98. The maximum Gasteiger partial charge on any atom is 0.413 e. The summed E-state index contributed by atoms with van der Waals surface area (Å²) in [6.45, 7) is 5.95. The van der Waals surface area contributed by atoms with Gasteiger partial charge in [-0.3, -0.25) is 10.1 Å². The molecule has 1 unspecified atom stereocenters. The minimum Gasteiger partial charge on any atom is -0.449 e. The summed E-state index contributed by atoms with van der Waals surface area (Å²) in [5.41, 5.74) is -0.878. The Morgan fingerprint density at radius 1 is 1.17 bits per heavy atom.